The summed E-state index contributed by atoms with van der Waals surface area (Å²) in [5.41, 5.74) is 0. The second-order valence-electron chi connectivity index (χ2n) is 6.74. The third kappa shape index (κ3) is 9.23. The molecule has 0 aliphatic rings. The molecule has 0 bridgehead atoms. The minimum absolute atomic E-state index is 0.714. The van der Waals surface area contributed by atoms with Crippen LogP contribution in [0.1, 0.15) is 103 Å². The molecule has 1 unspecified atom stereocenters. The van der Waals surface area contributed by atoms with Crippen LogP contribution in [0, 0.1) is 0 Å². The van der Waals surface area contributed by atoms with Gasteiger partial charge in [-0.3, -0.25) is 0 Å². The summed E-state index contributed by atoms with van der Waals surface area (Å²) in [5, 5.41) is 0. The van der Waals surface area contributed by atoms with Gasteiger partial charge in [-0.1, -0.05) is 77.7 Å². The van der Waals surface area contributed by atoms with Gasteiger partial charge >= 0.3 is 0 Å². The lowest BCUT2D eigenvalue weighted by atomic mass is 10.0. The van der Waals surface area contributed by atoms with Crippen molar-refractivity contribution in [3.8, 4) is 0 Å². The van der Waals surface area contributed by atoms with Crippen molar-refractivity contribution in [1.82, 2.24) is 0 Å². The number of unbranched alkanes of at least 4 members (excludes halogenated alkanes) is 9. The van der Waals surface area contributed by atoms with Gasteiger partial charge in [-0.25, -0.2) is 4.57 Å². The van der Waals surface area contributed by atoms with Crippen LogP contribution in [0.5, 0.6) is 0 Å². The second-order valence-corrected chi connectivity index (χ2v) is 6.74. The van der Waals surface area contributed by atoms with Gasteiger partial charge in [0.2, 0.25) is 0 Å². The summed E-state index contributed by atoms with van der Waals surface area (Å²) < 4.78 is 2.43. The molecule has 0 radical (unpaired) electrons. The SMILES string of the molecule is CCCCCCCCCCCC(CCCC)[n+]1ccccc1. The zero-order chi connectivity index (χ0) is 15.9. The molecule has 0 N–H and O–H groups in total. The van der Waals surface area contributed by atoms with Gasteiger partial charge in [0.15, 0.2) is 18.4 Å². The van der Waals surface area contributed by atoms with E-state index in [1.54, 1.807) is 0 Å². The zero-order valence-electron chi connectivity index (χ0n) is 15.1. The zero-order valence-corrected chi connectivity index (χ0v) is 15.1. The molecule has 22 heavy (non-hydrogen) atoms. The van der Waals surface area contributed by atoms with Crippen LogP contribution in [0.2, 0.25) is 0 Å². The third-order valence-corrected chi connectivity index (χ3v) is 4.69. The fraction of sp³-hybridized carbons (Fsp3) is 0.762. The highest BCUT2D eigenvalue weighted by atomic mass is 15.0. The molecule has 1 atom stereocenters. The highest BCUT2D eigenvalue weighted by Gasteiger charge is 2.16. The molecule has 1 heterocycles. The van der Waals surface area contributed by atoms with Crippen molar-refractivity contribution in [3.63, 3.8) is 0 Å². The van der Waals surface area contributed by atoms with Crippen molar-refractivity contribution in [2.45, 2.75) is 103 Å². The molecule has 0 spiro atoms. The topological polar surface area (TPSA) is 3.88 Å². The lowest BCUT2D eigenvalue weighted by Crippen LogP contribution is -2.38. The van der Waals surface area contributed by atoms with Crippen LogP contribution < -0.4 is 4.57 Å². The standard InChI is InChI=1S/C21H38N/c1-3-5-7-8-9-10-11-12-14-18-21(17-6-4-2)22-19-15-13-16-20-22/h13,15-16,19-21H,3-12,14,17-18H2,1-2H3/q+1. The summed E-state index contributed by atoms with van der Waals surface area (Å²) in [5.74, 6) is 0. The highest BCUT2D eigenvalue weighted by Crippen LogP contribution is 2.18. The Morgan fingerprint density at radius 2 is 1.09 bits per heavy atom. The van der Waals surface area contributed by atoms with E-state index in [9.17, 15) is 0 Å². The molecule has 0 saturated carbocycles. The minimum atomic E-state index is 0.714. The number of hydrogen-bond acceptors (Lipinski definition) is 0. The van der Waals surface area contributed by atoms with Crippen LogP contribution in [0.15, 0.2) is 30.6 Å². The fourth-order valence-electron chi connectivity index (χ4n) is 3.23. The van der Waals surface area contributed by atoms with Crippen molar-refractivity contribution in [3.05, 3.63) is 30.6 Å². The van der Waals surface area contributed by atoms with Crippen LogP contribution in [-0.4, -0.2) is 0 Å². The van der Waals surface area contributed by atoms with E-state index in [0.29, 0.717) is 6.04 Å². The van der Waals surface area contributed by atoms with E-state index in [4.69, 9.17) is 0 Å². The lowest BCUT2D eigenvalue weighted by Gasteiger charge is -2.12. The van der Waals surface area contributed by atoms with Crippen LogP contribution in [0.3, 0.4) is 0 Å². The Bertz CT molecular complexity index is 333. The van der Waals surface area contributed by atoms with Gasteiger partial charge in [0.05, 0.1) is 0 Å². The number of hydrogen-bond donors (Lipinski definition) is 0. The predicted octanol–water partition coefficient (Wildman–Crippen LogP) is 6.63. The van der Waals surface area contributed by atoms with Crippen molar-refractivity contribution in [2.24, 2.45) is 0 Å². The Balaban J connectivity index is 2.13. The fourth-order valence-corrected chi connectivity index (χ4v) is 3.23. The Morgan fingerprint density at radius 1 is 0.591 bits per heavy atom. The Morgan fingerprint density at radius 3 is 1.68 bits per heavy atom. The first-order valence-corrected chi connectivity index (χ1v) is 9.84. The molecule has 1 nitrogen and oxygen atoms in total. The van der Waals surface area contributed by atoms with E-state index in [1.807, 2.05) is 0 Å². The molecular weight excluding hydrogens is 266 g/mol. The van der Waals surface area contributed by atoms with Gasteiger partial charge in [-0.2, -0.15) is 0 Å². The van der Waals surface area contributed by atoms with Gasteiger partial charge in [0, 0.05) is 25.0 Å². The number of nitrogens with zero attached hydrogens (tertiary/aromatic N) is 1. The van der Waals surface area contributed by atoms with E-state index < -0.39 is 0 Å². The minimum Gasteiger partial charge on any atom is -0.202 e. The molecule has 1 aromatic rings. The van der Waals surface area contributed by atoms with Gasteiger partial charge in [-0.05, 0) is 12.8 Å². The van der Waals surface area contributed by atoms with E-state index >= 15 is 0 Å². The van der Waals surface area contributed by atoms with Crippen molar-refractivity contribution in [1.29, 1.82) is 0 Å². The van der Waals surface area contributed by atoms with Gasteiger partial charge in [0.25, 0.3) is 0 Å². The average molecular weight is 305 g/mol. The van der Waals surface area contributed by atoms with Gasteiger partial charge in [-0.15, -0.1) is 0 Å². The maximum absolute atomic E-state index is 2.43. The normalized spacial score (nSPS) is 12.5. The highest BCUT2D eigenvalue weighted by molar-refractivity contribution is 4.84. The van der Waals surface area contributed by atoms with E-state index in [1.165, 1.54) is 83.5 Å². The molecular formula is C21H38N+. The molecule has 0 amide bonds. The molecule has 0 aliphatic carbocycles. The van der Waals surface area contributed by atoms with E-state index in [0.717, 1.165) is 0 Å². The van der Waals surface area contributed by atoms with Crippen molar-refractivity contribution < 1.29 is 4.57 Å². The molecule has 126 valence electrons. The monoisotopic (exact) mass is 304 g/mol. The first-order valence-electron chi connectivity index (χ1n) is 9.84. The largest absolute Gasteiger partial charge is 0.202 e. The molecule has 0 fully saturated rings. The van der Waals surface area contributed by atoms with Gasteiger partial charge < -0.3 is 0 Å². The van der Waals surface area contributed by atoms with E-state index in [-0.39, 0.29) is 0 Å². The molecule has 1 aromatic heterocycles. The quantitative estimate of drug-likeness (QED) is 0.268. The number of pyridine rings is 1. The number of rotatable bonds is 14. The van der Waals surface area contributed by atoms with Crippen LogP contribution in [0.4, 0.5) is 0 Å². The molecule has 1 heteroatoms. The summed E-state index contributed by atoms with van der Waals surface area (Å²) in [6.07, 6.45) is 22.7. The van der Waals surface area contributed by atoms with Gasteiger partial charge in [0.1, 0.15) is 0 Å². The summed E-state index contributed by atoms with van der Waals surface area (Å²) in [4.78, 5) is 0. The van der Waals surface area contributed by atoms with Crippen LogP contribution in [-0.2, 0) is 0 Å². The smallest absolute Gasteiger partial charge is 0.169 e. The number of aromatic nitrogens is 1. The van der Waals surface area contributed by atoms with Crippen LogP contribution >= 0.6 is 0 Å². The maximum Gasteiger partial charge on any atom is 0.169 e. The summed E-state index contributed by atoms with van der Waals surface area (Å²) in [6.45, 7) is 4.59. The van der Waals surface area contributed by atoms with E-state index in [2.05, 4.69) is 49.0 Å². The summed E-state index contributed by atoms with van der Waals surface area (Å²) >= 11 is 0. The first kappa shape index (κ1) is 19.2. The molecule has 1 rings (SSSR count). The third-order valence-electron chi connectivity index (χ3n) is 4.69. The summed E-state index contributed by atoms with van der Waals surface area (Å²) in [7, 11) is 0. The Hall–Kier alpha value is -0.850. The maximum atomic E-state index is 2.43. The Labute approximate surface area is 139 Å². The van der Waals surface area contributed by atoms with Crippen LogP contribution in [0.25, 0.3) is 0 Å². The molecule has 0 saturated heterocycles. The lowest BCUT2D eigenvalue weighted by molar-refractivity contribution is -0.724. The second kappa shape index (κ2) is 13.8. The molecule has 0 aliphatic heterocycles. The van der Waals surface area contributed by atoms with Crippen molar-refractivity contribution in [2.75, 3.05) is 0 Å². The first-order chi connectivity index (χ1) is 10.9. The summed E-state index contributed by atoms with van der Waals surface area (Å²) in [6, 6.07) is 7.15. The average Bonchev–Trinajstić information content (AvgIpc) is 2.57. The Kier molecular flexibility index (Phi) is 12.0. The van der Waals surface area contributed by atoms with Crippen molar-refractivity contribution >= 4 is 0 Å². The molecule has 0 aromatic carbocycles. The predicted molar refractivity (Wildman–Crippen MR) is 97.0 cm³/mol.